The molecule has 1 aromatic carbocycles. The van der Waals surface area contributed by atoms with Gasteiger partial charge in [0.15, 0.2) is 11.6 Å². The minimum absolute atomic E-state index is 0.191. The van der Waals surface area contributed by atoms with Crippen molar-refractivity contribution in [3.05, 3.63) is 34.4 Å². The molecule has 0 aromatic heterocycles. The van der Waals surface area contributed by atoms with Crippen LogP contribution in [-0.2, 0) is 17.6 Å². The lowest BCUT2D eigenvalue weighted by molar-refractivity contribution is -0.00971. The zero-order valence-corrected chi connectivity index (χ0v) is 20.4. The van der Waals surface area contributed by atoms with Crippen molar-refractivity contribution in [3.63, 3.8) is 0 Å². The van der Waals surface area contributed by atoms with Crippen LogP contribution < -0.4 is 0 Å². The third-order valence-corrected chi connectivity index (χ3v) is 8.87. The maximum atomic E-state index is 15.3. The third-order valence-electron chi connectivity index (χ3n) is 8.87. The maximum Gasteiger partial charge on any atom is 0.162 e. The largest absolute Gasteiger partial charge is 0.378 e. The zero-order valence-electron chi connectivity index (χ0n) is 20.4. The molecule has 180 valence electrons. The lowest BCUT2D eigenvalue weighted by atomic mass is 9.65. The van der Waals surface area contributed by atoms with E-state index in [1.807, 2.05) is 0 Å². The summed E-state index contributed by atoms with van der Waals surface area (Å²) in [6, 6.07) is 2.07. The molecule has 2 fully saturated rings. The molecule has 5 unspecified atom stereocenters. The van der Waals surface area contributed by atoms with Crippen LogP contribution in [0.25, 0.3) is 0 Å². The van der Waals surface area contributed by atoms with Crippen LogP contribution >= 0.6 is 0 Å². The summed E-state index contributed by atoms with van der Waals surface area (Å²) in [7, 11) is 0. The predicted molar refractivity (Wildman–Crippen MR) is 128 cm³/mol. The van der Waals surface area contributed by atoms with E-state index in [2.05, 4.69) is 19.9 Å². The van der Waals surface area contributed by atoms with E-state index in [0.29, 0.717) is 35.0 Å². The number of ether oxygens (including phenoxy) is 1. The van der Waals surface area contributed by atoms with E-state index in [9.17, 15) is 0 Å². The van der Waals surface area contributed by atoms with Crippen molar-refractivity contribution in [2.75, 3.05) is 6.61 Å². The van der Waals surface area contributed by atoms with Crippen LogP contribution in [0.15, 0.2) is 6.07 Å². The van der Waals surface area contributed by atoms with Crippen LogP contribution in [0.2, 0.25) is 0 Å². The van der Waals surface area contributed by atoms with Crippen molar-refractivity contribution in [2.45, 2.75) is 122 Å². The molecule has 2 saturated carbocycles. The second kappa shape index (κ2) is 11.4. The summed E-state index contributed by atoms with van der Waals surface area (Å²) in [5, 5.41) is 0. The summed E-state index contributed by atoms with van der Waals surface area (Å²) < 4.78 is 36.4. The smallest absolute Gasteiger partial charge is 0.162 e. The highest BCUT2D eigenvalue weighted by molar-refractivity contribution is 5.38. The molecule has 0 spiro atoms. The lowest BCUT2D eigenvalue weighted by Crippen LogP contribution is -2.34. The molecule has 0 radical (unpaired) electrons. The van der Waals surface area contributed by atoms with Crippen molar-refractivity contribution in [3.8, 4) is 0 Å². The van der Waals surface area contributed by atoms with Gasteiger partial charge >= 0.3 is 0 Å². The lowest BCUT2D eigenvalue weighted by Gasteiger charge is -2.42. The number of hydrogen-bond donors (Lipinski definition) is 0. The molecule has 0 aliphatic heterocycles. The summed E-state index contributed by atoms with van der Waals surface area (Å²) in [5.41, 5.74) is 2.48. The number of fused-ring (bicyclic) bond motifs is 2. The summed E-state index contributed by atoms with van der Waals surface area (Å²) in [6.07, 6.45) is 17.4. The van der Waals surface area contributed by atoms with Gasteiger partial charge in [-0.1, -0.05) is 51.5 Å². The van der Waals surface area contributed by atoms with Crippen molar-refractivity contribution in [1.29, 1.82) is 0 Å². The van der Waals surface area contributed by atoms with Crippen LogP contribution in [0, 0.1) is 29.4 Å². The summed E-state index contributed by atoms with van der Waals surface area (Å²) in [6.45, 7) is 5.11. The van der Waals surface area contributed by atoms with E-state index in [0.717, 1.165) is 63.5 Å². The molecule has 0 amide bonds. The van der Waals surface area contributed by atoms with Crippen LogP contribution in [0.5, 0.6) is 0 Å². The van der Waals surface area contributed by atoms with Gasteiger partial charge in [-0.05, 0) is 105 Å². The minimum atomic E-state index is -0.529. The molecule has 1 nitrogen and oxygen atoms in total. The van der Waals surface area contributed by atoms with Crippen LogP contribution in [0.1, 0.15) is 120 Å². The van der Waals surface area contributed by atoms with Gasteiger partial charge in [0.25, 0.3) is 0 Å². The standard InChI is InChI=1S/C29H44F2O/c1-3-5-6-7-8-9-20-10-11-24-19-27(29(31)28(30)26(24)16-20)23-13-12-22-18-25(32-4-2)15-14-21(22)17-23/h19-23,25H,3-18H2,1-2H3. The van der Waals surface area contributed by atoms with Crippen molar-refractivity contribution in [2.24, 2.45) is 17.8 Å². The molecule has 32 heavy (non-hydrogen) atoms. The van der Waals surface area contributed by atoms with Gasteiger partial charge in [-0.3, -0.25) is 0 Å². The minimum Gasteiger partial charge on any atom is -0.378 e. The third kappa shape index (κ3) is 5.57. The fraction of sp³-hybridized carbons (Fsp3) is 0.793. The summed E-state index contributed by atoms with van der Waals surface area (Å²) >= 11 is 0. The van der Waals surface area contributed by atoms with Gasteiger partial charge in [-0.25, -0.2) is 8.78 Å². The molecular weight excluding hydrogens is 402 g/mol. The van der Waals surface area contributed by atoms with Gasteiger partial charge in [-0.2, -0.15) is 0 Å². The first-order valence-electron chi connectivity index (χ1n) is 13.7. The molecule has 1 aromatic rings. The predicted octanol–water partition coefficient (Wildman–Crippen LogP) is 8.52. The molecule has 5 atom stereocenters. The molecule has 0 saturated heterocycles. The van der Waals surface area contributed by atoms with Crippen molar-refractivity contribution < 1.29 is 13.5 Å². The Morgan fingerprint density at radius 3 is 2.47 bits per heavy atom. The number of hydrogen-bond acceptors (Lipinski definition) is 1. The Hall–Kier alpha value is -0.960. The topological polar surface area (TPSA) is 9.23 Å². The number of halogens is 2. The van der Waals surface area contributed by atoms with Crippen molar-refractivity contribution >= 4 is 0 Å². The molecule has 0 heterocycles. The van der Waals surface area contributed by atoms with E-state index < -0.39 is 11.6 Å². The molecule has 3 heteroatoms. The van der Waals surface area contributed by atoms with Crippen LogP contribution in [0.3, 0.4) is 0 Å². The molecule has 3 aliphatic rings. The molecule has 3 aliphatic carbocycles. The fourth-order valence-corrected chi connectivity index (χ4v) is 7.03. The Kier molecular flexibility index (Phi) is 8.65. The number of aryl methyl sites for hydroxylation is 1. The SMILES string of the molecule is CCCCCCCC1CCc2cc(C3CCC4CC(OCC)CCC4C3)c(F)c(F)c2C1. The number of benzene rings is 1. The maximum absolute atomic E-state index is 15.3. The monoisotopic (exact) mass is 446 g/mol. The van der Waals surface area contributed by atoms with Crippen molar-refractivity contribution in [1.82, 2.24) is 0 Å². The molecular formula is C29H44F2O. The number of rotatable bonds is 9. The van der Waals surface area contributed by atoms with Gasteiger partial charge in [0.1, 0.15) is 0 Å². The Labute approximate surface area is 194 Å². The van der Waals surface area contributed by atoms with E-state index in [1.165, 1.54) is 44.9 Å². The first-order chi connectivity index (χ1) is 15.6. The Balaban J connectivity index is 1.38. The Morgan fingerprint density at radius 2 is 1.66 bits per heavy atom. The van der Waals surface area contributed by atoms with E-state index in [-0.39, 0.29) is 5.92 Å². The summed E-state index contributed by atoms with van der Waals surface area (Å²) in [4.78, 5) is 0. The average Bonchev–Trinajstić information content (AvgIpc) is 2.81. The average molecular weight is 447 g/mol. The fourth-order valence-electron chi connectivity index (χ4n) is 7.03. The van der Waals surface area contributed by atoms with Crippen LogP contribution in [0.4, 0.5) is 8.78 Å². The van der Waals surface area contributed by atoms with Gasteiger partial charge in [0.05, 0.1) is 6.10 Å². The van der Waals surface area contributed by atoms with Gasteiger partial charge in [-0.15, -0.1) is 0 Å². The zero-order chi connectivity index (χ0) is 22.5. The van der Waals surface area contributed by atoms with E-state index >= 15 is 8.78 Å². The Bertz CT molecular complexity index is 745. The van der Waals surface area contributed by atoms with Gasteiger partial charge in [0.2, 0.25) is 0 Å². The quantitative estimate of drug-likeness (QED) is 0.345. The molecule has 0 bridgehead atoms. The second-order valence-corrected chi connectivity index (χ2v) is 11.0. The van der Waals surface area contributed by atoms with E-state index in [1.54, 1.807) is 0 Å². The number of unbranched alkanes of at least 4 members (excludes halogenated alkanes) is 4. The van der Waals surface area contributed by atoms with E-state index in [4.69, 9.17) is 4.74 Å². The summed E-state index contributed by atoms with van der Waals surface area (Å²) in [5.74, 6) is 1.03. The molecule has 4 rings (SSSR count). The highest BCUT2D eigenvalue weighted by Gasteiger charge is 2.38. The highest BCUT2D eigenvalue weighted by Crippen LogP contribution is 2.48. The van der Waals surface area contributed by atoms with Crippen LogP contribution in [-0.4, -0.2) is 12.7 Å². The van der Waals surface area contributed by atoms with Gasteiger partial charge < -0.3 is 4.74 Å². The first kappa shape index (κ1) is 24.2. The highest BCUT2D eigenvalue weighted by atomic mass is 19.2. The first-order valence-corrected chi connectivity index (χ1v) is 13.7. The normalized spacial score (nSPS) is 30.1. The second-order valence-electron chi connectivity index (χ2n) is 11.0. The Morgan fingerprint density at radius 1 is 0.875 bits per heavy atom. The molecule has 0 N–H and O–H groups in total. The van der Waals surface area contributed by atoms with Gasteiger partial charge in [0, 0.05) is 6.61 Å².